The van der Waals surface area contributed by atoms with E-state index in [1.165, 1.54) is 12.1 Å². The van der Waals surface area contributed by atoms with Gasteiger partial charge in [0.15, 0.2) is 0 Å². The van der Waals surface area contributed by atoms with Gasteiger partial charge in [-0.3, -0.25) is 11.3 Å². The normalized spacial score (nSPS) is 12.4. The number of nitrogens with two attached hydrogens (primary N) is 2. The number of halogens is 3. The molecule has 2 aromatic carbocycles. The minimum absolute atomic E-state index is 0.305. The third-order valence-corrected chi connectivity index (χ3v) is 3.79. The average molecular weight is 359 g/mol. The summed E-state index contributed by atoms with van der Waals surface area (Å²) < 4.78 is 14.7. The van der Waals surface area contributed by atoms with Crippen LogP contribution >= 0.6 is 27.5 Å². The zero-order chi connectivity index (χ0) is 14.7. The molecule has 0 heterocycles. The number of anilines is 1. The number of nitrogens with one attached hydrogen (secondary N) is 1. The van der Waals surface area contributed by atoms with Gasteiger partial charge in [0.25, 0.3) is 0 Å². The molecule has 106 valence electrons. The number of rotatable bonds is 4. The van der Waals surface area contributed by atoms with Gasteiger partial charge in [-0.25, -0.2) is 4.39 Å². The summed E-state index contributed by atoms with van der Waals surface area (Å²) in [5.74, 6) is 5.27. The lowest BCUT2D eigenvalue weighted by atomic mass is 9.98. The lowest BCUT2D eigenvalue weighted by molar-refractivity contribution is 0.530. The highest BCUT2D eigenvalue weighted by molar-refractivity contribution is 9.10. The molecule has 0 radical (unpaired) electrons. The molecule has 0 saturated heterocycles. The maximum Gasteiger partial charge on any atom is 0.126 e. The SMILES string of the molecule is NNC(Cc1cc(Cl)ccc1F)c1cc(Br)ccc1N. The second kappa shape index (κ2) is 6.54. The van der Waals surface area contributed by atoms with Crippen molar-refractivity contribution in [2.24, 2.45) is 5.84 Å². The van der Waals surface area contributed by atoms with Gasteiger partial charge in [0.05, 0.1) is 6.04 Å². The zero-order valence-electron chi connectivity index (χ0n) is 10.5. The molecule has 1 atom stereocenters. The minimum atomic E-state index is -0.316. The Morgan fingerprint density at radius 2 is 2.00 bits per heavy atom. The number of hydrazine groups is 1. The highest BCUT2D eigenvalue weighted by atomic mass is 79.9. The van der Waals surface area contributed by atoms with Crippen LogP contribution in [0.4, 0.5) is 10.1 Å². The molecule has 20 heavy (non-hydrogen) atoms. The molecule has 0 aliphatic heterocycles. The predicted octanol–water partition coefficient (Wildman–Crippen LogP) is 3.57. The Kier molecular flexibility index (Phi) is 4.99. The predicted molar refractivity (Wildman–Crippen MR) is 83.7 cm³/mol. The van der Waals surface area contributed by atoms with Crippen LogP contribution in [0.3, 0.4) is 0 Å². The summed E-state index contributed by atoms with van der Waals surface area (Å²) >= 11 is 9.28. The molecule has 6 heteroatoms. The maximum absolute atomic E-state index is 13.8. The molecule has 0 amide bonds. The Balaban J connectivity index is 2.33. The van der Waals surface area contributed by atoms with E-state index in [1.54, 1.807) is 12.1 Å². The number of hydrogen-bond donors (Lipinski definition) is 3. The van der Waals surface area contributed by atoms with Crippen molar-refractivity contribution in [1.82, 2.24) is 5.43 Å². The van der Waals surface area contributed by atoms with Crippen molar-refractivity contribution >= 4 is 33.2 Å². The Morgan fingerprint density at radius 3 is 2.70 bits per heavy atom. The quantitative estimate of drug-likeness (QED) is 0.445. The molecule has 0 spiro atoms. The van der Waals surface area contributed by atoms with Crippen molar-refractivity contribution in [3.63, 3.8) is 0 Å². The first-order valence-electron chi connectivity index (χ1n) is 5.96. The molecule has 2 aromatic rings. The maximum atomic E-state index is 13.8. The van der Waals surface area contributed by atoms with E-state index in [4.69, 9.17) is 23.2 Å². The van der Waals surface area contributed by atoms with E-state index in [1.807, 2.05) is 12.1 Å². The van der Waals surface area contributed by atoms with Crippen molar-refractivity contribution in [2.45, 2.75) is 12.5 Å². The summed E-state index contributed by atoms with van der Waals surface area (Å²) in [5, 5.41) is 0.486. The zero-order valence-corrected chi connectivity index (χ0v) is 12.9. The van der Waals surface area contributed by atoms with E-state index in [9.17, 15) is 4.39 Å². The van der Waals surface area contributed by atoms with Gasteiger partial charge < -0.3 is 5.73 Å². The molecule has 0 saturated carbocycles. The molecule has 5 N–H and O–H groups in total. The molecule has 0 aliphatic carbocycles. The summed E-state index contributed by atoms with van der Waals surface area (Å²) in [4.78, 5) is 0. The van der Waals surface area contributed by atoms with Gasteiger partial charge in [-0.1, -0.05) is 27.5 Å². The van der Waals surface area contributed by atoms with Gasteiger partial charge in [0, 0.05) is 15.2 Å². The van der Waals surface area contributed by atoms with Crippen LogP contribution in [0, 0.1) is 5.82 Å². The van der Waals surface area contributed by atoms with Gasteiger partial charge in [-0.2, -0.15) is 0 Å². The second-order valence-electron chi connectivity index (χ2n) is 4.43. The summed E-state index contributed by atoms with van der Waals surface area (Å²) in [7, 11) is 0. The average Bonchev–Trinajstić information content (AvgIpc) is 2.42. The Labute approximate surface area is 130 Å². The van der Waals surface area contributed by atoms with Crippen LogP contribution in [0.25, 0.3) is 0 Å². The molecule has 3 nitrogen and oxygen atoms in total. The highest BCUT2D eigenvalue weighted by Crippen LogP contribution is 2.28. The van der Waals surface area contributed by atoms with Crippen molar-refractivity contribution in [3.8, 4) is 0 Å². The van der Waals surface area contributed by atoms with Crippen molar-refractivity contribution in [2.75, 3.05) is 5.73 Å². The highest BCUT2D eigenvalue weighted by Gasteiger charge is 2.16. The van der Waals surface area contributed by atoms with E-state index in [0.717, 1.165) is 10.0 Å². The summed E-state index contributed by atoms with van der Waals surface area (Å²) in [6, 6.07) is 9.62. The van der Waals surface area contributed by atoms with E-state index < -0.39 is 0 Å². The number of benzene rings is 2. The van der Waals surface area contributed by atoms with Crippen LogP contribution in [-0.4, -0.2) is 0 Å². The smallest absolute Gasteiger partial charge is 0.126 e. The molecular weight excluding hydrogens is 345 g/mol. The number of nitrogen functional groups attached to an aromatic ring is 1. The van der Waals surface area contributed by atoms with Crippen LogP contribution in [0.5, 0.6) is 0 Å². The van der Waals surface area contributed by atoms with E-state index in [0.29, 0.717) is 22.7 Å². The third-order valence-electron chi connectivity index (χ3n) is 3.06. The van der Waals surface area contributed by atoms with E-state index in [-0.39, 0.29) is 11.9 Å². The molecular formula is C14H14BrClFN3. The fourth-order valence-electron chi connectivity index (χ4n) is 2.03. The molecule has 1 unspecified atom stereocenters. The number of hydrogen-bond acceptors (Lipinski definition) is 3. The third kappa shape index (κ3) is 3.49. The first-order chi connectivity index (χ1) is 9.51. The molecule has 2 rings (SSSR count). The van der Waals surface area contributed by atoms with Gasteiger partial charge >= 0.3 is 0 Å². The lowest BCUT2D eigenvalue weighted by Crippen LogP contribution is -2.30. The van der Waals surface area contributed by atoms with Crippen LogP contribution in [0.2, 0.25) is 5.02 Å². The standard InChI is InChI=1S/C14H14BrClFN3/c15-9-1-4-13(18)11(7-9)14(20-19)6-8-5-10(16)2-3-12(8)17/h1-5,7,14,20H,6,18-19H2. The van der Waals surface area contributed by atoms with Crippen LogP contribution < -0.4 is 17.0 Å². The molecule has 0 aliphatic rings. The van der Waals surface area contributed by atoms with Gasteiger partial charge in [0.2, 0.25) is 0 Å². The fourth-order valence-corrected chi connectivity index (χ4v) is 2.60. The van der Waals surface area contributed by atoms with Crippen LogP contribution in [0.15, 0.2) is 40.9 Å². The van der Waals surface area contributed by atoms with Crippen molar-refractivity contribution < 1.29 is 4.39 Å². The molecule has 0 aromatic heterocycles. The topological polar surface area (TPSA) is 64.1 Å². The monoisotopic (exact) mass is 357 g/mol. The van der Waals surface area contributed by atoms with Gasteiger partial charge in [-0.15, -0.1) is 0 Å². The first kappa shape index (κ1) is 15.3. The van der Waals surface area contributed by atoms with Crippen molar-refractivity contribution in [3.05, 3.63) is 62.8 Å². The first-order valence-corrected chi connectivity index (χ1v) is 7.13. The second-order valence-corrected chi connectivity index (χ2v) is 5.78. The fraction of sp³-hybridized carbons (Fsp3) is 0.143. The molecule has 0 fully saturated rings. The minimum Gasteiger partial charge on any atom is -0.398 e. The Bertz CT molecular complexity index is 621. The summed E-state index contributed by atoms with van der Waals surface area (Å²) in [6.07, 6.45) is 0.351. The van der Waals surface area contributed by atoms with Crippen LogP contribution in [-0.2, 0) is 6.42 Å². The summed E-state index contributed by atoms with van der Waals surface area (Å²) in [6.45, 7) is 0. The van der Waals surface area contributed by atoms with E-state index in [2.05, 4.69) is 21.4 Å². The Hall–Kier alpha value is -1.14. The Morgan fingerprint density at radius 1 is 1.25 bits per heavy atom. The van der Waals surface area contributed by atoms with Crippen molar-refractivity contribution in [1.29, 1.82) is 0 Å². The van der Waals surface area contributed by atoms with Crippen LogP contribution in [0.1, 0.15) is 17.2 Å². The molecule has 0 bridgehead atoms. The van der Waals surface area contributed by atoms with Gasteiger partial charge in [0.1, 0.15) is 5.82 Å². The lowest BCUT2D eigenvalue weighted by Gasteiger charge is -2.19. The van der Waals surface area contributed by atoms with E-state index >= 15 is 0 Å². The largest absolute Gasteiger partial charge is 0.398 e. The summed E-state index contributed by atoms with van der Waals surface area (Å²) in [5.41, 5.74) is 10.5. The van der Waals surface area contributed by atoms with Gasteiger partial charge in [-0.05, 0) is 53.9 Å².